The Kier molecular flexibility index (Phi) is 4.03. The third-order valence-electron chi connectivity index (χ3n) is 3.82. The predicted molar refractivity (Wildman–Crippen MR) is 90.7 cm³/mol. The van der Waals surface area contributed by atoms with E-state index in [4.69, 9.17) is 25.6 Å². The maximum absolute atomic E-state index is 12.5. The number of nitrogens with zero attached hydrogens (tertiary/aromatic N) is 1. The molecular weight excluding hydrogens is 344 g/mol. The van der Waals surface area contributed by atoms with Crippen molar-refractivity contribution in [1.29, 1.82) is 0 Å². The molecule has 1 aliphatic rings. The summed E-state index contributed by atoms with van der Waals surface area (Å²) in [5.41, 5.74) is 1.84. The predicted octanol–water partition coefficient (Wildman–Crippen LogP) is 3.65. The van der Waals surface area contributed by atoms with E-state index in [-0.39, 0.29) is 12.7 Å². The third-order valence-corrected chi connectivity index (χ3v) is 4.15. The number of carbonyl (C=O) groups excluding carboxylic acids is 1. The van der Waals surface area contributed by atoms with Crippen molar-refractivity contribution in [2.24, 2.45) is 0 Å². The number of carbonyl (C=O) groups is 1. The molecule has 25 heavy (non-hydrogen) atoms. The second-order valence-electron chi connectivity index (χ2n) is 5.42. The highest BCUT2D eigenvalue weighted by Crippen LogP contribution is 2.33. The zero-order valence-electron chi connectivity index (χ0n) is 13.0. The summed E-state index contributed by atoms with van der Waals surface area (Å²) in [5.74, 6) is 1.42. The molecule has 1 N–H and O–H groups in total. The van der Waals surface area contributed by atoms with Crippen molar-refractivity contribution in [1.82, 2.24) is 10.5 Å². The molecule has 4 rings (SSSR count). The van der Waals surface area contributed by atoms with Crippen LogP contribution in [0, 0.1) is 0 Å². The number of amides is 1. The summed E-state index contributed by atoms with van der Waals surface area (Å²) >= 11 is 6.17. The van der Waals surface area contributed by atoms with Crippen LogP contribution in [-0.2, 0) is 6.54 Å². The molecule has 7 heteroatoms. The van der Waals surface area contributed by atoms with E-state index in [0.717, 1.165) is 5.56 Å². The van der Waals surface area contributed by atoms with Gasteiger partial charge in [-0.2, -0.15) is 0 Å². The van der Waals surface area contributed by atoms with Crippen LogP contribution < -0.4 is 14.8 Å². The molecule has 0 bridgehead atoms. The number of rotatable bonds is 4. The van der Waals surface area contributed by atoms with Gasteiger partial charge in [0.15, 0.2) is 17.3 Å². The normalized spacial score (nSPS) is 12.2. The van der Waals surface area contributed by atoms with E-state index in [0.29, 0.717) is 40.0 Å². The molecule has 0 aliphatic carbocycles. The Hall–Kier alpha value is -2.99. The van der Waals surface area contributed by atoms with Crippen molar-refractivity contribution in [3.63, 3.8) is 0 Å². The molecule has 1 aromatic heterocycles. The molecule has 0 saturated carbocycles. The SMILES string of the molecule is O=C(NCc1ccc2c(c1)OCO2)c1cnoc1-c1ccccc1Cl. The molecule has 1 amide bonds. The Morgan fingerprint density at radius 3 is 2.88 bits per heavy atom. The maximum Gasteiger partial charge on any atom is 0.257 e. The minimum atomic E-state index is -0.297. The van der Waals surface area contributed by atoms with Crippen molar-refractivity contribution in [2.75, 3.05) is 6.79 Å². The lowest BCUT2D eigenvalue weighted by Crippen LogP contribution is -2.22. The lowest BCUT2D eigenvalue weighted by molar-refractivity contribution is 0.0951. The van der Waals surface area contributed by atoms with Gasteiger partial charge in [0.05, 0.1) is 11.2 Å². The number of benzene rings is 2. The molecule has 3 aromatic rings. The van der Waals surface area contributed by atoms with Gasteiger partial charge in [0, 0.05) is 12.1 Å². The Bertz CT molecular complexity index is 938. The van der Waals surface area contributed by atoms with Crippen molar-refractivity contribution in [2.45, 2.75) is 6.54 Å². The Labute approximate surface area is 148 Å². The molecule has 0 spiro atoms. The average Bonchev–Trinajstić information content (AvgIpc) is 3.28. The molecule has 0 unspecified atom stereocenters. The highest BCUT2D eigenvalue weighted by molar-refractivity contribution is 6.33. The zero-order valence-corrected chi connectivity index (χ0v) is 13.7. The summed E-state index contributed by atoms with van der Waals surface area (Å²) in [7, 11) is 0. The maximum atomic E-state index is 12.5. The van der Waals surface area contributed by atoms with Gasteiger partial charge in [-0.1, -0.05) is 35.0 Å². The van der Waals surface area contributed by atoms with Gasteiger partial charge < -0.3 is 19.3 Å². The topological polar surface area (TPSA) is 73.6 Å². The molecule has 6 nitrogen and oxygen atoms in total. The van der Waals surface area contributed by atoms with E-state index in [1.165, 1.54) is 6.20 Å². The second-order valence-corrected chi connectivity index (χ2v) is 5.83. The third kappa shape index (κ3) is 3.04. The highest BCUT2D eigenvalue weighted by Gasteiger charge is 2.20. The van der Waals surface area contributed by atoms with Gasteiger partial charge in [-0.3, -0.25) is 4.79 Å². The quantitative estimate of drug-likeness (QED) is 0.772. The van der Waals surface area contributed by atoms with E-state index in [1.807, 2.05) is 30.3 Å². The molecule has 0 fully saturated rings. The van der Waals surface area contributed by atoms with Gasteiger partial charge in [-0.25, -0.2) is 0 Å². The molecule has 0 atom stereocenters. The number of aromatic nitrogens is 1. The fraction of sp³-hybridized carbons (Fsp3) is 0.111. The first-order valence-corrected chi connectivity index (χ1v) is 7.96. The molecule has 1 aliphatic heterocycles. The van der Waals surface area contributed by atoms with E-state index < -0.39 is 0 Å². The second kappa shape index (κ2) is 6.49. The number of fused-ring (bicyclic) bond motifs is 1. The van der Waals surface area contributed by atoms with Gasteiger partial charge in [0.2, 0.25) is 6.79 Å². The standard InChI is InChI=1S/C18H13ClN2O4/c19-14-4-2-1-3-12(14)17-13(9-21-25-17)18(22)20-8-11-5-6-15-16(7-11)24-10-23-15/h1-7,9H,8,10H2,(H,20,22). The van der Waals surface area contributed by atoms with Gasteiger partial charge >= 0.3 is 0 Å². The minimum absolute atomic E-state index is 0.215. The molecule has 2 aromatic carbocycles. The fourth-order valence-electron chi connectivity index (χ4n) is 2.57. The van der Waals surface area contributed by atoms with Crippen LogP contribution in [0.1, 0.15) is 15.9 Å². The smallest absolute Gasteiger partial charge is 0.257 e. The van der Waals surface area contributed by atoms with Crippen LogP contribution in [-0.4, -0.2) is 17.9 Å². The van der Waals surface area contributed by atoms with E-state index in [2.05, 4.69) is 10.5 Å². The van der Waals surface area contributed by atoms with Crippen molar-refractivity contribution in [3.05, 3.63) is 64.8 Å². The number of halogens is 1. The van der Waals surface area contributed by atoms with Crippen LogP contribution in [0.15, 0.2) is 53.2 Å². The van der Waals surface area contributed by atoms with Gasteiger partial charge in [-0.15, -0.1) is 0 Å². The van der Waals surface area contributed by atoms with Crippen LogP contribution in [0.25, 0.3) is 11.3 Å². The Morgan fingerprint density at radius 1 is 1.16 bits per heavy atom. The molecule has 2 heterocycles. The van der Waals surface area contributed by atoms with E-state index in [1.54, 1.807) is 12.1 Å². The van der Waals surface area contributed by atoms with E-state index >= 15 is 0 Å². The molecular formula is C18H13ClN2O4. The monoisotopic (exact) mass is 356 g/mol. The number of nitrogens with one attached hydrogen (secondary N) is 1. The number of ether oxygens (including phenoxy) is 2. The van der Waals surface area contributed by atoms with Crippen LogP contribution in [0.2, 0.25) is 5.02 Å². The zero-order chi connectivity index (χ0) is 17.2. The first kappa shape index (κ1) is 15.5. The fourth-order valence-corrected chi connectivity index (χ4v) is 2.79. The Morgan fingerprint density at radius 2 is 2.00 bits per heavy atom. The lowest BCUT2D eigenvalue weighted by atomic mass is 10.1. The van der Waals surface area contributed by atoms with Crippen LogP contribution in [0.5, 0.6) is 11.5 Å². The van der Waals surface area contributed by atoms with Gasteiger partial charge in [0.25, 0.3) is 5.91 Å². The highest BCUT2D eigenvalue weighted by atomic mass is 35.5. The summed E-state index contributed by atoms with van der Waals surface area (Å²) in [4.78, 5) is 12.5. The summed E-state index contributed by atoms with van der Waals surface area (Å²) in [6, 6.07) is 12.7. The van der Waals surface area contributed by atoms with Gasteiger partial charge in [-0.05, 0) is 29.8 Å². The molecule has 0 saturated heterocycles. The summed E-state index contributed by atoms with van der Waals surface area (Å²) in [6.45, 7) is 0.551. The van der Waals surface area contributed by atoms with Crippen molar-refractivity contribution in [3.8, 4) is 22.8 Å². The molecule has 126 valence electrons. The van der Waals surface area contributed by atoms with Crippen molar-refractivity contribution < 1.29 is 18.8 Å². The largest absolute Gasteiger partial charge is 0.454 e. The summed E-state index contributed by atoms with van der Waals surface area (Å²) in [6.07, 6.45) is 1.38. The van der Waals surface area contributed by atoms with Crippen molar-refractivity contribution >= 4 is 17.5 Å². The number of hydrogen-bond donors (Lipinski definition) is 1. The average molecular weight is 357 g/mol. The summed E-state index contributed by atoms with van der Waals surface area (Å²) in [5, 5.41) is 7.07. The first-order chi connectivity index (χ1) is 12.2. The number of hydrogen-bond acceptors (Lipinski definition) is 5. The van der Waals surface area contributed by atoms with Crippen LogP contribution >= 0.6 is 11.6 Å². The van der Waals surface area contributed by atoms with Gasteiger partial charge in [0.1, 0.15) is 5.56 Å². The van der Waals surface area contributed by atoms with Crippen LogP contribution in [0.4, 0.5) is 0 Å². The molecule has 0 radical (unpaired) electrons. The van der Waals surface area contributed by atoms with E-state index in [9.17, 15) is 4.79 Å². The Balaban J connectivity index is 1.51. The summed E-state index contributed by atoms with van der Waals surface area (Å²) < 4.78 is 15.8. The lowest BCUT2D eigenvalue weighted by Gasteiger charge is -2.06. The minimum Gasteiger partial charge on any atom is -0.454 e. The van der Waals surface area contributed by atoms with Crippen LogP contribution in [0.3, 0.4) is 0 Å². The first-order valence-electron chi connectivity index (χ1n) is 7.58.